The lowest BCUT2D eigenvalue weighted by Gasteiger charge is -2.35. The molecule has 1 saturated carbocycles. The first kappa shape index (κ1) is 27.2. The number of hydrogen-bond acceptors (Lipinski definition) is 9. The molecule has 2 aromatic heterocycles. The van der Waals surface area contributed by atoms with Crippen LogP contribution in [0.5, 0.6) is 0 Å². The number of urea groups is 1. The number of benzene rings is 1. The standard InChI is InChI=1S/C27H34N8O5/c1-27(2,3)39-26(38)35-12-10-34(11-13-35)16-17-8-9-28-22(14-17)32-24-30-20-7-4-18(15-21(20)31-24)23(36)40-33-25(37)29-19-5-6-19/h4,7-9,14-15,19H,5-6,10-13,16H2,1-3H3,(H2,29,33,37)(H2,28,30,31,32). The molecule has 0 radical (unpaired) electrons. The van der Waals surface area contributed by atoms with Crippen LogP contribution in [0.2, 0.25) is 0 Å². The number of amides is 3. The smallest absolute Gasteiger partial charge is 0.410 e. The van der Waals surface area contributed by atoms with Gasteiger partial charge in [0.2, 0.25) is 5.95 Å². The van der Waals surface area contributed by atoms with E-state index in [9.17, 15) is 14.4 Å². The molecule has 4 N–H and O–H groups in total. The first-order valence-corrected chi connectivity index (χ1v) is 13.3. The van der Waals surface area contributed by atoms with Gasteiger partial charge in [0.15, 0.2) is 0 Å². The van der Waals surface area contributed by atoms with Crippen LogP contribution in [0.3, 0.4) is 0 Å². The SMILES string of the molecule is CC(C)(C)OC(=O)N1CCN(Cc2ccnc(Nc3nc4ccc(C(=O)ONC(=O)NC5CC5)cc4[nH]3)c2)CC1. The Labute approximate surface area is 231 Å². The number of H-pyrrole nitrogens is 1. The number of pyridine rings is 1. The van der Waals surface area contributed by atoms with Crippen molar-refractivity contribution >= 4 is 40.9 Å². The van der Waals surface area contributed by atoms with Crippen LogP contribution in [0.25, 0.3) is 11.0 Å². The van der Waals surface area contributed by atoms with Gasteiger partial charge in [-0.2, -0.15) is 5.48 Å². The Kier molecular flexibility index (Phi) is 7.74. The number of ether oxygens (including phenoxy) is 1. The molecule has 212 valence electrons. The molecule has 5 rings (SSSR count). The van der Waals surface area contributed by atoms with Gasteiger partial charge in [0.1, 0.15) is 11.4 Å². The number of nitrogens with zero attached hydrogens (tertiary/aromatic N) is 4. The number of rotatable bonds is 6. The number of hydroxylamine groups is 1. The number of aromatic nitrogens is 3. The number of carbonyl (C=O) groups excluding carboxylic acids is 3. The Hall–Kier alpha value is -4.39. The first-order chi connectivity index (χ1) is 19.1. The van der Waals surface area contributed by atoms with Crippen LogP contribution in [0.4, 0.5) is 21.4 Å². The molecule has 3 heterocycles. The lowest BCUT2D eigenvalue weighted by atomic mass is 10.2. The van der Waals surface area contributed by atoms with Crippen molar-refractivity contribution < 1.29 is 24.0 Å². The molecule has 2 fully saturated rings. The highest BCUT2D eigenvalue weighted by Crippen LogP contribution is 2.21. The highest BCUT2D eigenvalue weighted by atomic mass is 16.7. The summed E-state index contributed by atoms with van der Waals surface area (Å²) in [4.78, 5) is 57.3. The summed E-state index contributed by atoms with van der Waals surface area (Å²) in [6, 6.07) is 8.41. The van der Waals surface area contributed by atoms with Crippen molar-refractivity contribution in [2.45, 2.75) is 51.8 Å². The van der Waals surface area contributed by atoms with E-state index in [1.54, 1.807) is 29.3 Å². The van der Waals surface area contributed by atoms with Gasteiger partial charge in [-0.05, 0) is 69.5 Å². The van der Waals surface area contributed by atoms with E-state index in [0.717, 1.165) is 38.0 Å². The molecule has 13 heteroatoms. The van der Waals surface area contributed by atoms with Gasteiger partial charge in [0, 0.05) is 45.0 Å². The Morgan fingerprint density at radius 2 is 1.85 bits per heavy atom. The van der Waals surface area contributed by atoms with Gasteiger partial charge in [-0.15, -0.1) is 0 Å². The van der Waals surface area contributed by atoms with E-state index in [-0.39, 0.29) is 17.7 Å². The van der Waals surface area contributed by atoms with Crippen molar-refractivity contribution in [1.82, 2.24) is 35.5 Å². The van der Waals surface area contributed by atoms with Gasteiger partial charge in [-0.25, -0.2) is 24.4 Å². The zero-order valence-electron chi connectivity index (χ0n) is 22.8. The molecule has 1 aliphatic carbocycles. The van der Waals surface area contributed by atoms with Crippen LogP contribution in [0.15, 0.2) is 36.5 Å². The van der Waals surface area contributed by atoms with E-state index in [4.69, 9.17) is 9.57 Å². The molecule has 0 spiro atoms. The van der Waals surface area contributed by atoms with E-state index < -0.39 is 17.6 Å². The molecule has 1 aliphatic heterocycles. The van der Waals surface area contributed by atoms with Crippen molar-refractivity contribution in [3.05, 3.63) is 47.7 Å². The fourth-order valence-corrected chi connectivity index (χ4v) is 4.23. The molecule has 0 bridgehead atoms. The number of piperazine rings is 1. The number of hydrogen-bond donors (Lipinski definition) is 4. The molecule has 3 aromatic rings. The van der Waals surface area contributed by atoms with Gasteiger partial charge >= 0.3 is 18.1 Å². The maximum absolute atomic E-state index is 12.3. The average molecular weight is 551 g/mol. The predicted octanol–water partition coefficient (Wildman–Crippen LogP) is 3.29. The Morgan fingerprint density at radius 1 is 1.07 bits per heavy atom. The largest absolute Gasteiger partial charge is 0.444 e. The van der Waals surface area contributed by atoms with E-state index in [1.807, 2.05) is 32.9 Å². The van der Waals surface area contributed by atoms with Crippen molar-refractivity contribution in [3.8, 4) is 0 Å². The summed E-state index contributed by atoms with van der Waals surface area (Å²) in [6.07, 6.45) is 3.33. The third-order valence-corrected chi connectivity index (χ3v) is 6.37. The van der Waals surface area contributed by atoms with Crippen LogP contribution < -0.4 is 16.1 Å². The zero-order chi connectivity index (χ0) is 28.3. The number of imidazole rings is 1. The topological polar surface area (TPSA) is 154 Å². The minimum absolute atomic E-state index is 0.155. The van der Waals surface area contributed by atoms with Crippen molar-refractivity contribution in [1.29, 1.82) is 0 Å². The van der Waals surface area contributed by atoms with E-state index in [2.05, 4.69) is 36.0 Å². The van der Waals surface area contributed by atoms with Crippen LogP contribution in [0.1, 0.15) is 49.5 Å². The number of nitrogens with one attached hydrogen (secondary N) is 4. The molecule has 2 aliphatic rings. The lowest BCUT2D eigenvalue weighted by Crippen LogP contribution is -2.49. The molecule has 13 nitrogen and oxygen atoms in total. The maximum Gasteiger partial charge on any atom is 0.410 e. The summed E-state index contributed by atoms with van der Waals surface area (Å²) in [5, 5.41) is 5.86. The third kappa shape index (κ3) is 7.38. The molecular weight excluding hydrogens is 516 g/mol. The summed E-state index contributed by atoms with van der Waals surface area (Å²) in [6.45, 7) is 9.05. The van der Waals surface area contributed by atoms with E-state index in [0.29, 0.717) is 35.9 Å². The zero-order valence-corrected chi connectivity index (χ0v) is 22.8. The lowest BCUT2D eigenvalue weighted by molar-refractivity contribution is 0.0138. The second-order valence-electron chi connectivity index (χ2n) is 11.0. The van der Waals surface area contributed by atoms with E-state index in [1.165, 1.54) is 0 Å². The second kappa shape index (κ2) is 11.4. The predicted molar refractivity (Wildman–Crippen MR) is 147 cm³/mol. The van der Waals surface area contributed by atoms with Gasteiger partial charge in [0.05, 0.1) is 16.6 Å². The Bertz CT molecular complexity index is 1390. The second-order valence-corrected chi connectivity index (χ2v) is 11.0. The van der Waals surface area contributed by atoms with Gasteiger partial charge in [-0.3, -0.25) is 4.90 Å². The van der Waals surface area contributed by atoms with Gasteiger partial charge in [-0.1, -0.05) is 0 Å². The molecule has 3 amide bonds. The number of fused-ring (bicyclic) bond motifs is 1. The molecule has 0 atom stereocenters. The fraction of sp³-hybridized carbons (Fsp3) is 0.444. The fourth-order valence-electron chi connectivity index (χ4n) is 4.23. The molecule has 0 unspecified atom stereocenters. The van der Waals surface area contributed by atoms with Gasteiger partial charge < -0.3 is 30.1 Å². The van der Waals surface area contributed by atoms with Crippen LogP contribution in [0, 0.1) is 0 Å². The Morgan fingerprint density at radius 3 is 2.58 bits per heavy atom. The van der Waals surface area contributed by atoms with Crippen LogP contribution in [-0.4, -0.2) is 80.7 Å². The summed E-state index contributed by atoms with van der Waals surface area (Å²) in [5.41, 5.74) is 4.22. The summed E-state index contributed by atoms with van der Waals surface area (Å²) >= 11 is 0. The summed E-state index contributed by atoms with van der Waals surface area (Å²) in [5.74, 6) is 0.408. The average Bonchev–Trinajstić information content (AvgIpc) is 3.62. The minimum atomic E-state index is -0.682. The number of aromatic amines is 1. The summed E-state index contributed by atoms with van der Waals surface area (Å²) in [7, 11) is 0. The van der Waals surface area contributed by atoms with Crippen molar-refractivity contribution in [3.63, 3.8) is 0 Å². The minimum Gasteiger partial charge on any atom is -0.444 e. The quantitative estimate of drug-likeness (QED) is 0.339. The van der Waals surface area contributed by atoms with Gasteiger partial charge in [0.25, 0.3) is 0 Å². The van der Waals surface area contributed by atoms with Crippen LogP contribution in [-0.2, 0) is 16.1 Å². The molecular formula is C27H34N8O5. The normalized spacial score (nSPS) is 15.9. The molecule has 40 heavy (non-hydrogen) atoms. The summed E-state index contributed by atoms with van der Waals surface area (Å²) < 4.78 is 5.48. The van der Waals surface area contributed by atoms with Crippen molar-refractivity contribution in [2.24, 2.45) is 0 Å². The molecule has 1 saturated heterocycles. The highest BCUT2D eigenvalue weighted by Gasteiger charge is 2.26. The monoisotopic (exact) mass is 550 g/mol. The van der Waals surface area contributed by atoms with Crippen molar-refractivity contribution in [2.75, 3.05) is 31.5 Å². The maximum atomic E-state index is 12.3. The highest BCUT2D eigenvalue weighted by molar-refractivity contribution is 5.94. The third-order valence-electron chi connectivity index (χ3n) is 6.37. The van der Waals surface area contributed by atoms with Crippen LogP contribution >= 0.6 is 0 Å². The molecule has 1 aromatic carbocycles. The first-order valence-electron chi connectivity index (χ1n) is 13.3. The number of carbonyl (C=O) groups is 3. The number of anilines is 2. The Balaban J connectivity index is 1.14. The van der Waals surface area contributed by atoms with E-state index >= 15 is 0 Å².